The number of aliphatic hydroxyl groups is 1. The summed E-state index contributed by atoms with van der Waals surface area (Å²) in [4.78, 5) is 51.1. The number of ether oxygens (including phenoxy) is 1. The molecule has 1 fully saturated rings. The van der Waals surface area contributed by atoms with Gasteiger partial charge in [0, 0.05) is 36.6 Å². The van der Waals surface area contributed by atoms with Gasteiger partial charge in [0.25, 0.3) is 11.6 Å². The fourth-order valence-corrected chi connectivity index (χ4v) is 4.54. The molecule has 0 aliphatic carbocycles. The first-order valence-electron chi connectivity index (χ1n) is 8.71. The maximum Gasteiger partial charge on any atom is 0.352 e. The molecule has 3 rings (SSSR count). The van der Waals surface area contributed by atoms with E-state index in [1.54, 1.807) is 0 Å². The largest absolute Gasteiger partial charge is 0.477 e. The highest BCUT2D eigenvalue weighted by Crippen LogP contribution is 2.42. The van der Waals surface area contributed by atoms with Crippen molar-refractivity contribution >= 4 is 41.5 Å². The van der Waals surface area contributed by atoms with Crippen molar-refractivity contribution in [3.63, 3.8) is 0 Å². The Labute approximate surface area is 174 Å². The maximum atomic E-state index is 12.6. The number of aliphatic carboxylic acids is 1. The van der Waals surface area contributed by atoms with E-state index in [2.05, 4.69) is 4.99 Å². The van der Waals surface area contributed by atoms with E-state index < -0.39 is 46.9 Å². The van der Waals surface area contributed by atoms with Crippen LogP contribution in [-0.2, 0) is 19.1 Å². The summed E-state index contributed by atoms with van der Waals surface area (Å²) in [6.45, 7) is 0.529. The topological polar surface area (TPSA) is 160 Å². The zero-order valence-electron chi connectivity index (χ0n) is 15.6. The van der Waals surface area contributed by atoms with Gasteiger partial charge in [-0.1, -0.05) is 0 Å². The van der Waals surface area contributed by atoms with Gasteiger partial charge in [0.15, 0.2) is 6.04 Å². The van der Waals surface area contributed by atoms with Gasteiger partial charge < -0.3 is 14.9 Å². The number of carbonyl (C=O) groups excluding carboxylic acids is 2. The number of amides is 1. The van der Waals surface area contributed by atoms with Crippen LogP contribution >= 0.6 is 11.8 Å². The van der Waals surface area contributed by atoms with Crippen LogP contribution in [0.25, 0.3) is 0 Å². The van der Waals surface area contributed by atoms with Crippen molar-refractivity contribution in [2.75, 3.05) is 12.4 Å². The summed E-state index contributed by atoms with van der Waals surface area (Å²) in [6, 6.07) is 4.78. The summed E-state index contributed by atoms with van der Waals surface area (Å²) < 4.78 is 4.98. The fraction of sp³-hybridized carbons (Fsp3) is 0.333. The molecule has 1 aromatic carbocycles. The zero-order chi connectivity index (χ0) is 22.0. The number of β-lactam (4-membered cyclic amide) rings is 1. The van der Waals surface area contributed by atoms with Gasteiger partial charge in [0.1, 0.15) is 17.2 Å². The standard InChI is InChI=1S/C18H17N3O8S/c1-9(23)29-13(7-22)12-8-30-17-14(16(24)20(17)15(12)18(25)26)19-6-10-2-4-11(5-3-10)21(27)28/h2-6,13-14,17,22H,7-8H2,1H3,(H,25,26)/t13?,14-,17+/m0/s1. The molecule has 0 saturated carbocycles. The molecule has 2 heterocycles. The third-order valence-electron chi connectivity index (χ3n) is 4.52. The molecule has 0 bridgehead atoms. The molecule has 0 radical (unpaired) electrons. The van der Waals surface area contributed by atoms with Gasteiger partial charge >= 0.3 is 11.9 Å². The predicted molar refractivity (Wildman–Crippen MR) is 105 cm³/mol. The Bertz CT molecular complexity index is 959. The number of hydrogen-bond acceptors (Lipinski definition) is 9. The van der Waals surface area contributed by atoms with E-state index in [4.69, 9.17) is 4.74 Å². The van der Waals surface area contributed by atoms with Crippen LogP contribution in [0.1, 0.15) is 12.5 Å². The zero-order valence-corrected chi connectivity index (χ0v) is 16.4. The summed E-state index contributed by atoms with van der Waals surface area (Å²) >= 11 is 1.24. The van der Waals surface area contributed by atoms with E-state index in [1.165, 1.54) is 42.2 Å². The van der Waals surface area contributed by atoms with Crippen molar-refractivity contribution in [3.05, 3.63) is 51.2 Å². The Morgan fingerprint density at radius 1 is 1.43 bits per heavy atom. The number of fused-ring (bicyclic) bond motifs is 1. The summed E-state index contributed by atoms with van der Waals surface area (Å²) in [5.41, 5.74) is 0.312. The van der Waals surface area contributed by atoms with Crippen molar-refractivity contribution in [1.82, 2.24) is 4.90 Å². The molecule has 2 aliphatic heterocycles. The number of thioether (sulfide) groups is 1. The van der Waals surface area contributed by atoms with Crippen LogP contribution in [0.15, 0.2) is 40.5 Å². The average molecular weight is 435 g/mol. The highest BCUT2D eigenvalue weighted by atomic mass is 32.2. The second-order valence-electron chi connectivity index (χ2n) is 6.44. The van der Waals surface area contributed by atoms with E-state index in [0.717, 1.165) is 11.8 Å². The molecule has 2 N–H and O–H groups in total. The number of carboxylic acid groups (broad SMARTS) is 1. The maximum absolute atomic E-state index is 12.6. The fourth-order valence-electron chi connectivity index (χ4n) is 3.14. The van der Waals surface area contributed by atoms with Crippen LogP contribution in [0.2, 0.25) is 0 Å². The summed E-state index contributed by atoms with van der Waals surface area (Å²) in [5.74, 6) is -2.45. The van der Waals surface area contributed by atoms with Crippen LogP contribution in [0.5, 0.6) is 0 Å². The Balaban J connectivity index is 1.81. The van der Waals surface area contributed by atoms with Crippen LogP contribution < -0.4 is 0 Å². The molecule has 0 spiro atoms. The minimum atomic E-state index is -1.37. The number of rotatable bonds is 7. The second-order valence-corrected chi connectivity index (χ2v) is 7.55. The molecule has 1 aromatic rings. The summed E-state index contributed by atoms with van der Waals surface area (Å²) in [5, 5.41) is 29.3. The van der Waals surface area contributed by atoms with Crippen LogP contribution in [0, 0.1) is 10.1 Å². The number of aliphatic hydroxyl groups excluding tert-OH is 1. The molecule has 1 amide bonds. The summed E-state index contributed by atoms with van der Waals surface area (Å²) in [7, 11) is 0. The number of hydrogen-bond donors (Lipinski definition) is 2. The average Bonchev–Trinajstić information content (AvgIpc) is 2.71. The van der Waals surface area contributed by atoms with Gasteiger partial charge in [-0.2, -0.15) is 0 Å². The number of aliphatic imine (C=N–C) groups is 1. The number of benzene rings is 1. The molecule has 11 nitrogen and oxygen atoms in total. The van der Waals surface area contributed by atoms with E-state index in [9.17, 15) is 34.7 Å². The van der Waals surface area contributed by atoms with Crippen molar-refractivity contribution in [2.24, 2.45) is 4.99 Å². The number of nitrogens with zero attached hydrogens (tertiary/aromatic N) is 3. The molecule has 3 atom stereocenters. The minimum Gasteiger partial charge on any atom is -0.477 e. The normalized spacial score (nSPS) is 21.8. The third kappa shape index (κ3) is 4.04. The Morgan fingerprint density at radius 2 is 2.10 bits per heavy atom. The Kier molecular flexibility index (Phi) is 6.17. The number of non-ortho nitro benzene ring substituents is 1. The SMILES string of the molecule is CC(=O)OC(CO)C1=C(C(=O)O)N2C(=O)[C@H](N=Cc3ccc([N+](=O)[O-])cc3)[C@H]2SC1. The van der Waals surface area contributed by atoms with Crippen molar-refractivity contribution < 1.29 is 34.3 Å². The smallest absolute Gasteiger partial charge is 0.352 e. The highest BCUT2D eigenvalue weighted by molar-refractivity contribution is 8.00. The van der Waals surface area contributed by atoms with E-state index in [0.29, 0.717) is 5.56 Å². The molecule has 158 valence electrons. The number of esters is 1. The monoisotopic (exact) mass is 435 g/mol. The Hall–Kier alpha value is -3.25. The summed E-state index contributed by atoms with van der Waals surface area (Å²) in [6.07, 6.45) is 0.247. The molecule has 2 aliphatic rings. The molecular formula is C18H17N3O8S. The Morgan fingerprint density at radius 3 is 2.63 bits per heavy atom. The van der Waals surface area contributed by atoms with Crippen molar-refractivity contribution in [2.45, 2.75) is 24.4 Å². The number of carboxylic acids is 1. The predicted octanol–water partition coefficient (Wildman–Crippen LogP) is 0.560. The first-order chi connectivity index (χ1) is 14.2. The molecular weight excluding hydrogens is 418 g/mol. The second kappa shape index (κ2) is 8.63. The van der Waals surface area contributed by atoms with Crippen LogP contribution in [-0.4, -0.2) is 74.0 Å². The quantitative estimate of drug-likeness (QED) is 0.205. The van der Waals surface area contributed by atoms with E-state index in [-0.39, 0.29) is 22.7 Å². The number of carbonyl (C=O) groups is 3. The lowest BCUT2D eigenvalue weighted by Gasteiger charge is -2.48. The molecule has 0 aromatic heterocycles. The first kappa shape index (κ1) is 21.5. The number of nitro groups is 1. The van der Waals surface area contributed by atoms with Gasteiger partial charge in [-0.05, 0) is 17.7 Å². The molecule has 12 heteroatoms. The van der Waals surface area contributed by atoms with Crippen molar-refractivity contribution in [3.8, 4) is 0 Å². The molecule has 1 unspecified atom stereocenters. The minimum absolute atomic E-state index is 0.0733. The van der Waals surface area contributed by atoms with Gasteiger partial charge in [0.2, 0.25) is 0 Å². The van der Waals surface area contributed by atoms with E-state index in [1.807, 2.05) is 0 Å². The lowest BCUT2D eigenvalue weighted by molar-refractivity contribution is -0.384. The first-order valence-corrected chi connectivity index (χ1v) is 9.76. The van der Waals surface area contributed by atoms with Gasteiger partial charge in [0.05, 0.1) is 11.5 Å². The lowest BCUT2D eigenvalue weighted by Crippen LogP contribution is -2.64. The van der Waals surface area contributed by atoms with Gasteiger partial charge in [-0.3, -0.25) is 29.6 Å². The number of nitro benzene ring substituents is 1. The molecule has 30 heavy (non-hydrogen) atoms. The van der Waals surface area contributed by atoms with Crippen LogP contribution in [0.4, 0.5) is 5.69 Å². The third-order valence-corrected chi connectivity index (χ3v) is 5.81. The van der Waals surface area contributed by atoms with Crippen molar-refractivity contribution in [1.29, 1.82) is 0 Å². The van der Waals surface area contributed by atoms with E-state index >= 15 is 0 Å². The lowest BCUT2D eigenvalue weighted by atomic mass is 10.0. The van der Waals surface area contributed by atoms with Crippen LogP contribution in [0.3, 0.4) is 0 Å². The van der Waals surface area contributed by atoms with Gasteiger partial charge in [-0.15, -0.1) is 11.8 Å². The molecule has 1 saturated heterocycles. The van der Waals surface area contributed by atoms with Gasteiger partial charge in [-0.25, -0.2) is 4.79 Å². The highest BCUT2D eigenvalue weighted by Gasteiger charge is 2.54.